The van der Waals surface area contributed by atoms with Gasteiger partial charge in [0.25, 0.3) is 5.69 Å². The molecular formula is C11H14N2O2. The van der Waals surface area contributed by atoms with Gasteiger partial charge in [-0.25, -0.2) is 0 Å². The number of nitro groups is 1. The smallest absolute Gasteiger partial charge is 0.261 e. The van der Waals surface area contributed by atoms with Crippen LogP contribution in [0.3, 0.4) is 0 Å². The van der Waals surface area contributed by atoms with Crippen molar-refractivity contribution >= 4 is 17.6 Å². The molecule has 0 aromatic heterocycles. The first-order valence-corrected chi connectivity index (χ1v) is 4.95. The van der Waals surface area contributed by atoms with E-state index in [2.05, 4.69) is 11.9 Å². The Morgan fingerprint density at radius 1 is 1.53 bits per heavy atom. The first-order chi connectivity index (χ1) is 7.19. The number of hydrogen-bond donors (Lipinski definition) is 0. The van der Waals surface area contributed by atoms with Crippen LogP contribution in [0.2, 0.25) is 0 Å². The van der Waals surface area contributed by atoms with Gasteiger partial charge in [0.05, 0.1) is 10.6 Å². The molecule has 0 aliphatic heterocycles. The maximum atomic E-state index is 10.6. The van der Waals surface area contributed by atoms with Crippen molar-refractivity contribution in [2.24, 2.45) is 4.99 Å². The molecule has 4 heteroatoms. The number of benzene rings is 1. The Morgan fingerprint density at radius 3 is 2.80 bits per heavy atom. The maximum Gasteiger partial charge on any atom is 0.271 e. The minimum Gasteiger partial charge on any atom is -0.261 e. The molecule has 80 valence electrons. The van der Waals surface area contributed by atoms with E-state index >= 15 is 0 Å². The van der Waals surface area contributed by atoms with Crippen LogP contribution in [0.1, 0.15) is 25.8 Å². The fourth-order valence-corrected chi connectivity index (χ4v) is 1.41. The van der Waals surface area contributed by atoms with E-state index in [1.807, 2.05) is 0 Å². The van der Waals surface area contributed by atoms with E-state index in [-0.39, 0.29) is 5.69 Å². The molecule has 0 aliphatic carbocycles. The van der Waals surface area contributed by atoms with Crippen LogP contribution >= 0.6 is 0 Å². The van der Waals surface area contributed by atoms with E-state index in [0.717, 1.165) is 18.4 Å². The third-order valence-electron chi connectivity index (χ3n) is 2.07. The van der Waals surface area contributed by atoms with Crippen LogP contribution in [-0.4, -0.2) is 11.1 Å². The van der Waals surface area contributed by atoms with Gasteiger partial charge in [-0.05, 0) is 18.9 Å². The summed E-state index contributed by atoms with van der Waals surface area (Å²) in [6.45, 7) is 3.87. The van der Waals surface area contributed by atoms with Crippen LogP contribution in [0.25, 0.3) is 0 Å². The molecular weight excluding hydrogens is 192 g/mol. The molecule has 4 nitrogen and oxygen atoms in total. The molecule has 0 saturated carbocycles. The van der Waals surface area contributed by atoms with Crippen LogP contribution in [0.4, 0.5) is 11.4 Å². The lowest BCUT2D eigenvalue weighted by Gasteiger charge is -2.03. The average molecular weight is 206 g/mol. The number of nitro benzene ring substituents is 1. The van der Waals surface area contributed by atoms with Crippen molar-refractivity contribution < 1.29 is 4.92 Å². The molecule has 1 rings (SSSR count). The first kappa shape index (κ1) is 11.4. The van der Waals surface area contributed by atoms with E-state index in [4.69, 9.17) is 0 Å². The van der Waals surface area contributed by atoms with Gasteiger partial charge in [-0.2, -0.15) is 0 Å². The Balaban J connectivity index is 3.14. The highest BCUT2D eigenvalue weighted by Gasteiger charge is 2.09. The van der Waals surface area contributed by atoms with Gasteiger partial charge in [-0.15, -0.1) is 0 Å². The van der Waals surface area contributed by atoms with Gasteiger partial charge in [-0.1, -0.05) is 19.4 Å². The predicted octanol–water partition coefficient (Wildman–Crippen LogP) is 3.27. The SMILES string of the molecule is CC=Nc1cc([N+](=O)[O-])ccc1CCC. The minimum absolute atomic E-state index is 0.0930. The van der Waals surface area contributed by atoms with Crippen LogP contribution in [0.5, 0.6) is 0 Å². The van der Waals surface area contributed by atoms with E-state index in [0.29, 0.717) is 5.69 Å². The van der Waals surface area contributed by atoms with Gasteiger partial charge < -0.3 is 0 Å². The van der Waals surface area contributed by atoms with Crippen LogP contribution in [-0.2, 0) is 6.42 Å². The van der Waals surface area contributed by atoms with Crippen LogP contribution < -0.4 is 0 Å². The largest absolute Gasteiger partial charge is 0.271 e. The maximum absolute atomic E-state index is 10.6. The van der Waals surface area contributed by atoms with Crippen LogP contribution in [0.15, 0.2) is 23.2 Å². The summed E-state index contributed by atoms with van der Waals surface area (Å²) in [7, 11) is 0. The summed E-state index contributed by atoms with van der Waals surface area (Å²) >= 11 is 0. The predicted molar refractivity (Wildman–Crippen MR) is 60.9 cm³/mol. The monoisotopic (exact) mass is 206 g/mol. The summed E-state index contributed by atoms with van der Waals surface area (Å²) in [5, 5.41) is 10.6. The van der Waals surface area contributed by atoms with Crippen LogP contribution in [0, 0.1) is 10.1 Å². The zero-order valence-corrected chi connectivity index (χ0v) is 8.93. The zero-order chi connectivity index (χ0) is 11.3. The molecule has 0 unspecified atom stereocenters. The van der Waals surface area contributed by atoms with Crippen molar-refractivity contribution in [3.63, 3.8) is 0 Å². The number of nitrogens with zero attached hydrogens (tertiary/aromatic N) is 2. The highest BCUT2D eigenvalue weighted by atomic mass is 16.6. The van der Waals surface area contributed by atoms with Crippen molar-refractivity contribution in [2.45, 2.75) is 26.7 Å². The molecule has 0 fully saturated rings. The highest BCUT2D eigenvalue weighted by Crippen LogP contribution is 2.25. The molecule has 0 saturated heterocycles. The van der Waals surface area contributed by atoms with Crippen molar-refractivity contribution in [3.8, 4) is 0 Å². The number of rotatable bonds is 4. The lowest BCUT2D eigenvalue weighted by Crippen LogP contribution is -1.90. The second-order valence-electron chi connectivity index (χ2n) is 3.21. The van der Waals surface area contributed by atoms with Crippen molar-refractivity contribution in [1.29, 1.82) is 0 Å². The summed E-state index contributed by atoms with van der Waals surface area (Å²) in [5.74, 6) is 0. The molecule has 0 amide bonds. The summed E-state index contributed by atoms with van der Waals surface area (Å²) in [5.41, 5.74) is 1.85. The molecule has 0 spiro atoms. The van der Waals surface area contributed by atoms with Crippen molar-refractivity contribution in [3.05, 3.63) is 33.9 Å². The van der Waals surface area contributed by atoms with Crippen molar-refractivity contribution in [1.82, 2.24) is 0 Å². The number of aliphatic imine (C=N–C) groups is 1. The lowest BCUT2D eigenvalue weighted by molar-refractivity contribution is -0.384. The fourth-order valence-electron chi connectivity index (χ4n) is 1.41. The van der Waals surface area contributed by atoms with Gasteiger partial charge in [-0.3, -0.25) is 15.1 Å². The summed E-state index contributed by atoms with van der Waals surface area (Å²) in [4.78, 5) is 14.3. The minimum atomic E-state index is -0.398. The van der Waals surface area contributed by atoms with Gasteiger partial charge >= 0.3 is 0 Å². The number of non-ortho nitro benzene ring substituents is 1. The second kappa shape index (κ2) is 5.24. The van der Waals surface area contributed by atoms with Gasteiger partial charge in [0.1, 0.15) is 0 Å². The molecule has 15 heavy (non-hydrogen) atoms. The fraction of sp³-hybridized carbons (Fsp3) is 0.364. The Morgan fingerprint density at radius 2 is 2.27 bits per heavy atom. The normalized spacial score (nSPS) is 10.8. The van der Waals surface area contributed by atoms with Gasteiger partial charge in [0, 0.05) is 18.3 Å². The summed E-state index contributed by atoms with van der Waals surface area (Å²) in [6, 6.07) is 4.83. The quantitative estimate of drug-likeness (QED) is 0.431. The highest BCUT2D eigenvalue weighted by molar-refractivity contribution is 5.64. The summed E-state index contributed by atoms with van der Waals surface area (Å²) in [6.07, 6.45) is 3.55. The van der Waals surface area contributed by atoms with Crippen molar-refractivity contribution in [2.75, 3.05) is 0 Å². The summed E-state index contributed by atoms with van der Waals surface area (Å²) < 4.78 is 0. The first-order valence-electron chi connectivity index (χ1n) is 4.95. The number of hydrogen-bond acceptors (Lipinski definition) is 3. The Labute approximate surface area is 88.8 Å². The van der Waals surface area contributed by atoms with E-state index < -0.39 is 4.92 Å². The van der Waals surface area contributed by atoms with E-state index in [1.165, 1.54) is 12.1 Å². The Bertz CT molecular complexity index is 386. The molecule has 0 radical (unpaired) electrons. The molecule has 0 atom stereocenters. The Kier molecular flexibility index (Phi) is 3.97. The molecule has 1 aromatic rings. The molecule has 0 N–H and O–H groups in total. The molecule has 1 aromatic carbocycles. The zero-order valence-electron chi connectivity index (χ0n) is 8.93. The van der Waals surface area contributed by atoms with E-state index in [1.54, 1.807) is 19.2 Å². The van der Waals surface area contributed by atoms with Gasteiger partial charge in [0.2, 0.25) is 0 Å². The van der Waals surface area contributed by atoms with Gasteiger partial charge in [0.15, 0.2) is 0 Å². The second-order valence-corrected chi connectivity index (χ2v) is 3.21. The third-order valence-corrected chi connectivity index (χ3v) is 2.07. The average Bonchev–Trinajstić information content (AvgIpc) is 2.21. The topological polar surface area (TPSA) is 55.5 Å². The molecule has 0 heterocycles. The lowest BCUT2D eigenvalue weighted by atomic mass is 10.1. The van der Waals surface area contributed by atoms with E-state index in [9.17, 15) is 10.1 Å². The number of aryl methyl sites for hydroxylation is 1. The molecule has 0 bridgehead atoms. The Hall–Kier alpha value is -1.71. The molecule has 0 aliphatic rings. The standard InChI is InChI=1S/C11H14N2O2/c1-3-5-9-6-7-10(13(14)15)8-11(9)12-4-2/h4,6-8H,3,5H2,1-2H3. The third kappa shape index (κ3) is 2.87.